The average Bonchev–Trinajstić information content (AvgIpc) is 3.02. The highest BCUT2D eigenvalue weighted by Gasteiger charge is 2.26. The van der Waals surface area contributed by atoms with Crippen LogP contribution in [0, 0.1) is 17.2 Å². The van der Waals surface area contributed by atoms with Gasteiger partial charge in [0, 0.05) is 19.0 Å². The minimum absolute atomic E-state index is 0.0937. The number of fused-ring (bicyclic) bond motifs is 1. The molecule has 2 aromatic rings. The number of hydrogen-bond acceptors (Lipinski definition) is 5. The van der Waals surface area contributed by atoms with E-state index in [1.165, 1.54) is 0 Å². The molecule has 1 aromatic carbocycles. The lowest BCUT2D eigenvalue weighted by atomic mass is 9.86. The molecule has 1 aliphatic carbocycles. The first kappa shape index (κ1) is 14.5. The summed E-state index contributed by atoms with van der Waals surface area (Å²) in [6.45, 7) is 0. The van der Waals surface area contributed by atoms with Crippen molar-refractivity contribution in [1.29, 1.82) is 5.26 Å². The van der Waals surface area contributed by atoms with E-state index in [1.54, 1.807) is 0 Å². The van der Waals surface area contributed by atoms with Gasteiger partial charge in [-0.15, -0.1) is 0 Å². The van der Waals surface area contributed by atoms with Gasteiger partial charge in [-0.25, -0.2) is 4.63 Å². The number of rotatable bonds is 3. The van der Waals surface area contributed by atoms with Crippen LogP contribution in [0.4, 0.5) is 0 Å². The average molecular weight is 298 g/mol. The van der Waals surface area contributed by atoms with Gasteiger partial charge in [0.15, 0.2) is 0 Å². The molecule has 0 aliphatic heterocycles. The van der Waals surface area contributed by atoms with Gasteiger partial charge in [-0.2, -0.15) is 5.26 Å². The Kier molecular flexibility index (Phi) is 4.05. The second-order valence-corrected chi connectivity index (χ2v) is 5.90. The van der Waals surface area contributed by atoms with Gasteiger partial charge in [0.2, 0.25) is 5.91 Å². The van der Waals surface area contributed by atoms with Crippen molar-refractivity contribution < 1.29 is 9.42 Å². The van der Waals surface area contributed by atoms with Crippen LogP contribution in [-0.2, 0) is 11.2 Å². The Balaban J connectivity index is 1.62. The second-order valence-electron chi connectivity index (χ2n) is 5.90. The highest BCUT2D eigenvalue weighted by atomic mass is 16.6. The number of amides is 1. The molecule has 1 aliphatic rings. The Morgan fingerprint density at radius 1 is 1.32 bits per heavy atom. The van der Waals surface area contributed by atoms with E-state index in [2.05, 4.69) is 21.0 Å². The van der Waals surface area contributed by atoms with E-state index in [0.29, 0.717) is 17.5 Å². The molecule has 3 rings (SSSR count). The highest BCUT2D eigenvalue weighted by molar-refractivity contribution is 5.81. The van der Waals surface area contributed by atoms with Crippen LogP contribution < -0.4 is 0 Å². The molecule has 1 heterocycles. The van der Waals surface area contributed by atoms with E-state index < -0.39 is 0 Å². The van der Waals surface area contributed by atoms with Crippen LogP contribution in [0.2, 0.25) is 0 Å². The fourth-order valence-electron chi connectivity index (χ4n) is 3.03. The van der Waals surface area contributed by atoms with Crippen molar-refractivity contribution >= 4 is 16.9 Å². The van der Waals surface area contributed by atoms with Crippen LogP contribution in [0.25, 0.3) is 11.0 Å². The summed E-state index contributed by atoms with van der Waals surface area (Å²) in [5, 5.41) is 16.5. The predicted molar refractivity (Wildman–Crippen MR) is 79.6 cm³/mol. The van der Waals surface area contributed by atoms with Gasteiger partial charge in [-0.1, -0.05) is 6.07 Å². The molecule has 0 bridgehead atoms. The molecule has 1 aromatic heterocycles. The minimum atomic E-state index is 0.0937. The van der Waals surface area contributed by atoms with E-state index >= 15 is 0 Å². The van der Waals surface area contributed by atoms with E-state index in [0.717, 1.165) is 31.2 Å². The summed E-state index contributed by atoms with van der Waals surface area (Å²) >= 11 is 0. The third-order valence-corrected chi connectivity index (χ3v) is 4.49. The van der Waals surface area contributed by atoms with Gasteiger partial charge in [0.25, 0.3) is 0 Å². The summed E-state index contributed by atoms with van der Waals surface area (Å²) in [5.74, 6) is 0.248. The maximum atomic E-state index is 12.4. The number of aromatic nitrogens is 2. The Labute approximate surface area is 128 Å². The number of nitriles is 1. The van der Waals surface area contributed by atoms with Crippen LogP contribution in [0.15, 0.2) is 22.8 Å². The van der Waals surface area contributed by atoms with Gasteiger partial charge in [0.1, 0.15) is 11.0 Å². The van der Waals surface area contributed by atoms with Crippen LogP contribution in [0.5, 0.6) is 0 Å². The molecule has 6 nitrogen and oxygen atoms in total. The molecule has 22 heavy (non-hydrogen) atoms. The molecule has 114 valence electrons. The Morgan fingerprint density at radius 2 is 2.05 bits per heavy atom. The van der Waals surface area contributed by atoms with Crippen LogP contribution in [0.1, 0.15) is 31.2 Å². The zero-order valence-electron chi connectivity index (χ0n) is 12.5. The lowest BCUT2D eigenvalue weighted by molar-refractivity contribution is -0.131. The van der Waals surface area contributed by atoms with Crippen molar-refractivity contribution in [2.75, 3.05) is 7.05 Å². The van der Waals surface area contributed by atoms with Gasteiger partial charge >= 0.3 is 0 Å². The number of carbonyl (C=O) groups excluding carboxylic acids is 1. The number of carbonyl (C=O) groups is 1. The van der Waals surface area contributed by atoms with Gasteiger partial charge in [-0.05, 0) is 53.7 Å². The van der Waals surface area contributed by atoms with Crippen molar-refractivity contribution in [3.8, 4) is 6.07 Å². The Hall–Kier alpha value is -2.42. The molecular formula is C16H18N4O2. The topological polar surface area (TPSA) is 83.0 Å². The van der Waals surface area contributed by atoms with Gasteiger partial charge in [-0.3, -0.25) is 4.79 Å². The van der Waals surface area contributed by atoms with Gasteiger partial charge < -0.3 is 4.90 Å². The smallest absolute Gasteiger partial charge is 0.226 e. The monoisotopic (exact) mass is 298 g/mol. The summed E-state index contributed by atoms with van der Waals surface area (Å²) in [4.78, 5) is 14.3. The molecule has 6 heteroatoms. The molecule has 0 spiro atoms. The molecule has 0 atom stereocenters. The van der Waals surface area contributed by atoms with Crippen molar-refractivity contribution in [3.05, 3.63) is 23.8 Å². The Bertz CT molecular complexity index is 710. The van der Waals surface area contributed by atoms with E-state index in [4.69, 9.17) is 5.26 Å². The first-order valence-electron chi connectivity index (χ1n) is 7.54. The van der Waals surface area contributed by atoms with Crippen molar-refractivity contribution in [1.82, 2.24) is 15.2 Å². The lowest BCUT2D eigenvalue weighted by Gasteiger charge is -2.32. The van der Waals surface area contributed by atoms with E-state index in [1.807, 2.05) is 30.1 Å². The molecule has 0 radical (unpaired) electrons. The van der Waals surface area contributed by atoms with Crippen molar-refractivity contribution in [2.45, 2.75) is 38.1 Å². The van der Waals surface area contributed by atoms with Crippen molar-refractivity contribution in [2.24, 2.45) is 5.92 Å². The summed E-state index contributed by atoms with van der Waals surface area (Å²) in [6, 6.07) is 8.10. The summed E-state index contributed by atoms with van der Waals surface area (Å²) < 4.78 is 4.67. The lowest BCUT2D eigenvalue weighted by Crippen LogP contribution is -2.40. The molecular weight excluding hydrogens is 280 g/mol. The summed E-state index contributed by atoms with van der Waals surface area (Å²) in [6.07, 6.45) is 3.93. The number of benzene rings is 1. The molecule has 0 N–H and O–H groups in total. The fourth-order valence-corrected chi connectivity index (χ4v) is 3.03. The second kappa shape index (κ2) is 6.14. The van der Waals surface area contributed by atoms with Crippen LogP contribution in [0.3, 0.4) is 0 Å². The standard InChI is InChI=1S/C16H18N4O2/c1-20(13-5-2-11(10-17)3-6-13)16(21)9-12-4-7-14-15(8-12)19-22-18-14/h4,7-8,11,13H,2-3,5-6,9H2,1H3. The zero-order valence-corrected chi connectivity index (χ0v) is 12.5. The molecule has 1 amide bonds. The Morgan fingerprint density at radius 3 is 2.77 bits per heavy atom. The van der Waals surface area contributed by atoms with E-state index in [-0.39, 0.29) is 17.9 Å². The fraction of sp³-hybridized carbons (Fsp3) is 0.500. The number of hydrogen-bond donors (Lipinski definition) is 0. The summed E-state index contributed by atoms with van der Waals surface area (Å²) in [5.41, 5.74) is 2.27. The number of likely N-dealkylation sites (N-methyl/N-ethyl adjacent to an activating group) is 1. The van der Waals surface area contributed by atoms with Crippen molar-refractivity contribution in [3.63, 3.8) is 0 Å². The predicted octanol–water partition coefficient (Wildman–Crippen LogP) is 2.31. The van der Waals surface area contributed by atoms with Crippen LogP contribution in [-0.4, -0.2) is 34.2 Å². The highest BCUT2D eigenvalue weighted by Crippen LogP contribution is 2.27. The third-order valence-electron chi connectivity index (χ3n) is 4.49. The summed E-state index contributed by atoms with van der Waals surface area (Å²) in [7, 11) is 1.86. The quantitative estimate of drug-likeness (QED) is 0.868. The van der Waals surface area contributed by atoms with Gasteiger partial charge in [0.05, 0.1) is 12.5 Å². The zero-order chi connectivity index (χ0) is 15.5. The van der Waals surface area contributed by atoms with E-state index in [9.17, 15) is 4.79 Å². The first-order chi connectivity index (χ1) is 10.7. The molecule has 1 fully saturated rings. The third kappa shape index (κ3) is 2.93. The first-order valence-corrected chi connectivity index (χ1v) is 7.54. The normalized spacial score (nSPS) is 21.5. The largest absolute Gasteiger partial charge is 0.342 e. The SMILES string of the molecule is CN(C(=O)Cc1ccc2nonc2c1)C1CCC(C#N)CC1. The molecule has 0 unspecified atom stereocenters. The van der Waals surface area contributed by atoms with Crippen LogP contribution >= 0.6 is 0 Å². The molecule has 0 saturated heterocycles. The maximum absolute atomic E-state index is 12.4. The molecule has 1 saturated carbocycles. The minimum Gasteiger partial charge on any atom is -0.342 e. The maximum Gasteiger partial charge on any atom is 0.226 e. The number of nitrogens with zero attached hydrogens (tertiary/aromatic N) is 4.